The molecule has 4 nitrogen and oxygen atoms in total. The number of aromatic nitrogens is 1. The second kappa shape index (κ2) is 5.87. The number of nitrogens with zero attached hydrogens (tertiary/aromatic N) is 1. The summed E-state index contributed by atoms with van der Waals surface area (Å²) in [5, 5.41) is 2.80. The second-order valence-corrected chi connectivity index (χ2v) is 5.64. The molecule has 0 radical (unpaired) electrons. The molecule has 1 saturated carbocycles. The molecule has 22 heavy (non-hydrogen) atoms. The summed E-state index contributed by atoms with van der Waals surface area (Å²) in [6.07, 6.45) is -1.77. The first-order chi connectivity index (χ1) is 10.2. The normalized spacial score (nSPS) is 18.5. The number of hydrogen-bond donors (Lipinski definition) is 1. The van der Waals surface area contributed by atoms with Crippen LogP contribution in [0.15, 0.2) is 12.1 Å². The van der Waals surface area contributed by atoms with Gasteiger partial charge in [-0.1, -0.05) is 0 Å². The predicted octanol–water partition coefficient (Wildman–Crippen LogP) is 3.10. The van der Waals surface area contributed by atoms with Crippen LogP contribution in [-0.2, 0) is 10.9 Å². The van der Waals surface area contributed by atoms with Gasteiger partial charge in [0.2, 0.25) is 0 Å². The minimum absolute atomic E-state index is 0.0552. The first kappa shape index (κ1) is 16.7. The van der Waals surface area contributed by atoms with Gasteiger partial charge in [-0.05, 0) is 45.2 Å². The molecule has 1 amide bonds. The molecule has 0 saturated heterocycles. The minimum Gasteiger partial charge on any atom is -0.376 e. The highest BCUT2D eigenvalue weighted by Crippen LogP contribution is 2.38. The molecule has 1 N–H and O–H groups in total. The van der Waals surface area contributed by atoms with Gasteiger partial charge < -0.3 is 10.1 Å². The van der Waals surface area contributed by atoms with Crippen LogP contribution in [0.2, 0.25) is 0 Å². The maximum absolute atomic E-state index is 12.6. The van der Waals surface area contributed by atoms with Crippen molar-refractivity contribution in [3.8, 4) is 0 Å². The molecule has 1 fully saturated rings. The molecule has 2 rings (SSSR count). The molecule has 1 aliphatic carbocycles. The van der Waals surface area contributed by atoms with E-state index in [-0.39, 0.29) is 22.9 Å². The molecule has 1 aromatic heterocycles. The Hall–Kier alpha value is -1.63. The standard InChI is InChI=1S/C15H19F3N2O2/c1-9-11(5-6-12(19-9)15(16,17)18)13(21)20-10(2)14(22-3)7-4-8-14/h5-6,10H,4,7-8H2,1-3H3,(H,20,21). The molecule has 0 spiro atoms. The van der Waals surface area contributed by atoms with E-state index in [0.29, 0.717) is 0 Å². The first-order valence-corrected chi connectivity index (χ1v) is 7.10. The molecule has 0 aliphatic heterocycles. The van der Waals surface area contributed by atoms with Crippen LogP contribution in [0.1, 0.15) is 47.9 Å². The van der Waals surface area contributed by atoms with Gasteiger partial charge in [0.05, 0.1) is 22.9 Å². The van der Waals surface area contributed by atoms with Gasteiger partial charge in [-0.2, -0.15) is 13.2 Å². The number of nitrogens with one attached hydrogen (secondary N) is 1. The van der Waals surface area contributed by atoms with Crippen molar-refractivity contribution >= 4 is 5.91 Å². The summed E-state index contributed by atoms with van der Waals surface area (Å²) in [5.74, 6) is -0.436. The number of alkyl halides is 3. The zero-order valence-corrected chi connectivity index (χ0v) is 12.8. The van der Waals surface area contributed by atoms with Gasteiger partial charge in [-0.25, -0.2) is 4.98 Å². The molecule has 1 aromatic rings. The van der Waals surface area contributed by atoms with E-state index in [1.165, 1.54) is 6.92 Å². The van der Waals surface area contributed by atoms with Gasteiger partial charge in [0.15, 0.2) is 0 Å². The number of rotatable bonds is 4. The summed E-state index contributed by atoms with van der Waals surface area (Å²) >= 11 is 0. The lowest BCUT2D eigenvalue weighted by atomic mass is 9.75. The molecular formula is C15H19F3N2O2. The molecule has 0 bridgehead atoms. The van der Waals surface area contributed by atoms with E-state index in [2.05, 4.69) is 10.3 Å². The Balaban J connectivity index is 2.13. The van der Waals surface area contributed by atoms with Crippen molar-refractivity contribution in [2.45, 2.75) is 50.9 Å². The Morgan fingerprint density at radius 1 is 1.41 bits per heavy atom. The quantitative estimate of drug-likeness (QED) is 0.928. The highest BCUT2D eigenvalue weighted by molar-refractivity contribution is 5.95. The van der Waals surface area contributed by atoms with Gasteiger partial charge in [0, 0.05) is 7.11 Å². The molecular weight excluding hydrogens is 297 g/mol. The number of pyridine rings is 1. The van der Waals surface area contributed by atoms with Gasteiger partial charge in [-0.15, -0.1) is 0 Å². The monoisotopic (exact) mass is 316 g/mol. The highest BCUT2D eigenvalue weighted by Gasteiger charge is 2.43. The second-order valence-electron chi connectivity index (χ2n) is 5.64. The number of carbonyl (C=O) groups excluding carboxylic acids is 1. The van der Waals surface area contributed by atoms with Crippen LogP contribution < -0.4 is 5.32 Å². The van der Waals surface area contributed by atoms with Gasteiger partial charge >= 0.3 is 6.18 Å². The van der Waals surface area contributed by atoms with E-state index in [0.717, 1.165) is 31.4 Å². The minimum atomic E-state index is -4.51. The Labute approximate surface area is 127 Å². The predicted molar refractivity (Wildman–Crippen MR) is 74.5 cm³/mol. The van der Waals surface area contributed by atoms with Crippen LogP contribution in [0.3, 0.4) is 0 Å². The average Bonchev–Trinajstić information content (AvgIpc) is 2.36. The Bertz CT molecular complexity index is 563. The topological polar surface area (TPSA) is 51.2 Å². The lowest BCUT2D eigenvalue weighted by Crippen LogP contribution is -2.56. The fourth-order valence-electron chi connectivity index (χ4n) is 2.70. The number of hydrogen-bond acceptors (Lipinski definition) is 3. The number of ether oxygens (including phenoxy) is 1. The molecule has 1 atom stereocenters. The molecule has 122 valence electrons. The summed E-state index contributed by atoms with van der Waals surface area (Å²) in [7, 11) is 1.60. The van der Waals surface area contributed by atoms with Crippen LogP contribution in [0.5, 0.6) is 0 Å². The van der Waals surface area contributed by atoms with E-state index >= 15 is 0 Å². The average molecular weight is 316 g/mol. The zero-order chi connectivity index (χ0) is 16.5. The molecule has 1 unspecified atom stereocenters. The van der Waals surface area contributed by atoms with Gasteiger partial charge in [0.25, 0.3) is 5.91 Å². The Morgan fingerprint density at radius 2 is 2.05 bits per heavy atom. The van der Waals surface area contributed by atoms with Crippen molar-refractivity contribution in [3.63, 3.8) is 0 Å². The van der Waals surface area contributed by atoms with E-state index in [4.69, 9.17) is 4.74 Å². The van der Waals surface area contributed by atoms with Crippen LogP contribution in [0.4, 0.5) is 13.2 Å². The van der Waals surface area contributed by atoms with Crippen molar-refractivity contribution in [3.05, 3.63) is 29.1 Å². The van der Waals surface area contributed by atoms with Crippen molar-refractivity contribution in [2.75, 3.05) is 7.11 Å². The Kier molecular flexibility index (Phi) is 4.47. The third-order valence-corrected chi connectivity index (χ3v) is 4.36. The fraction of sp³-hybridized carbons (Fsp3) is 0.600. The lowest BCUT2D eigenvalue weighted by molar-refractivity contribution is -0.141. The zero-order valence-electron chi connectivity index (χ0n) is 12.8. The lowest BCUT2D eigenvalue weighted by Gasteiger charge is -2.45. The van der Waals surface area contributed by atoms with Crippen molar-refractivity contribution in [2.24, 2.45) is 0 Å². The summed E-state index contributed by atoms with van der Waals surface area (Å²) in [6.45, 7) is 3.23. The summed E-state index contributed by atoms with van der Waals surface area (Å²) < 4.78 is 43.2. The van der Waals surface area contributed by atoms with Crippen LogP contribution >= 0.6 is 0 Å². The van der Waals surface area contributed by atoms with Crippen molar-refractivity contribution in [1.82, 2.24) is 10.3 Å². The summed E-state index contributed by atoms with van der Waals surface area (Å²) in [4.78, 5) is 15.7. The van der Waals surface area contributed by atoms with Crippen molar-refractivity contribution in [1.29, 1.82) is 0 Å². The number of aryl methyl sites for hydroxylation is 1. The number of carbonyl (C=O) groups is 1. The summed E-state index contributed by atoms with van der Waals surface area (Å²) in [6, 6.07) is 1.76. The largest absolute Gasteiger partial charge is 0.433 e. The van der Waals surface area contributed by atoms with E-state index in [9.17, 15) is 18.0 Å². The SMILES string of the molecule is COC1(C(C)NC(=O)c2ccc(C(F)(F)F)nc2C)CCC1. The van der Waals surface area contributed by atoms with E-state index in [1.807, 2.05) is 6.92 Å². The maximum Gasteiger partial charge on any atom is 0.433 e. The first-order valence-electron chi connectivity index (χ1n) is 7.10. The molecule has 1 aliphatic rings. The number of methoxy groups -OCH3 is 1. The van der Waals surface area contributed by atoms with E-state index < -0.39 is 17.8 Å². The number of halogens is 3. The summed E-state index contributed by atoms with van der Waals surface area (Å²) in [5.41, 5.74) is -1.17. The molecule has 0 aromatic carbocycles. The van der Waals surface area contributed by atoms with Crippen molar-refractivity contribution < 1.29 is 22.7 Å². The van der Waals surface area contributed by atoms with Gasteiger partial charge in [0.1, 0.15) is 5.69 Å². The maximum atomic E-state index is 12.6. The third-order valence-electron chi connectivity index (χ3n) is 4.36. The Morgan fingerprint density at radius 3 is 2.45 bits per heavy atom. The van der Waals surface area contributed by atoms with Crippen LogP contribution in [0, 0.1) is 6.92 Å². The fourth-order valence-corrected chi connectivity index (χ4v) is 2.70. The number of amides is 1. The van der Waals surface area contributed by atoms with Gasteiger partial charge in [-0.3, -0.25) is 4.79 Å². The highest BCUT2D eigenvalue weighted by atomic mass is 19.4. The van der Waals surface area contributed by atoms with E-state index in [1.54, 1.807) is 7.11 Å². The smallest absolute Gasteiger partial charge is 0.376 e. The van der Waals surface area contributed by atoms with Crippen LogP contribution in [-0.4, -0.2) is 29.6 Å². The molecule has 1 heterocycles. The molecule has 7 heteroatoms. The third kappa shape index (κ3) is 3.09. The van der Waals surface area contributed by atoms with Crippen LogP contribution in [0.25, 0.3) is 0 Å².